The van der Waals surface area contributed by atoms with E-state index >= 15 is 0 Å². The van der Waals surface area contributed by atoms with Gasteiger partial charge in [-0.3, -0.25) is 0 Å². The minimum absolute atomic E-state index is 0.124. The van der Waals surface area contributed by atoms with Crippen molar-refractivity contribution in [3.8, 4) is 0 Å². The Labute approximate surface area is 131 Å². The van der Waals surface area contributed by atoms with Crippen LogP contribution < -0.4 is 11.1 Å². The number of rotatable bonds is 5. The maximum atomic E-state index is 12.1. The van der Waals surface area contributed by atoms with Crippen LogP contribution in [0.1, 0.15) is 33.3 Å². The Morgan fingerprint density at radius 3 is 2.32 bits per heavy atom. The Bertz CT molecular complexity index is 495. The van der Waals surface area contributed by atoms with Crippen LogP contribution in [0, 0.1) is 0 Å². The maximum absolute atomic E-state index is 12.1. The lowest BCUT2D eigenvalue weighted by molar-refractivity contribution is -0.148. The first kappa shape index (κ1) is 18.0. The second kappa shape index (κ2) is 7.79. The molecule has 0 aromatic heterocycles. The van der Waals surface area contributed by atoms with E-state index in [1.165, 1.54) is 0 Å². The number of alkyl carbamates (subject to hydrolysis) is 1. The van der Waals surface area contributed by atoms with Gasteiger partial charge in [0.1, 0.15) is 18.2 Å². The number of amides is 1. The van der Waals surface area contributed by atoms with Gasteiger partial charge in [0.05, 0.1) is 0 Å². The quantitative estimate of drug-likeness (QED) is 0.812. The third-order valence-electron chi connectivity index (χ3n) is 2.68. The molecule has 0 heterocycles. The summed E-state index contributed by atoms with van der Waals surface area (Å²) in [6.07, 6.45) is -0.702. The Hall–Kier alpha value is -2.08. The predicted molar refractivity (Wildman–Crippen MR) is 83.0 cm³/mol. The zero-order chi connectivity index (χ0) is 16.8. The molecule has 22 heavy (non-hydrogen) atoms. The lowest BCUT2D eigenvalue weighted by Crippen LogP contribution is -2.52. The lowest BCUT2D eigenvalue weighted by atomic mass is 10.1. The molecule has 0 saturated carbocycles. The first-order valence-electron chi connectivity index (χ1n) is 7.14. The minimum Gasteiger partial charge on any atom is -0.459 e. The molecule has 2 atom stereocenters. The smallest absolute Gasteiger partial charge is 0.408 e. The Balaban J connectivity index is 2.58. The van der Waals surface area contributed by atoms with E-state index in [2.05, 4.69) is 5.32 Å². The van der Waals surface area contributed by atoms with Crippen LogP contribution in [-0.2, 0) is 20.9 Å². The predicted octanol–water partition coefficient (Wildman–Crippen LogP) is 1.97. The van der Waals surface area contributed by atoms with Gasteiger partial charge in [0.2, 0.25) is 0 Å². The van der Waals surface area contributed by atoms with Crippen molar-refractivity contribution >= 4 is 12.1 Å². The monoisotopic (exact) mass is 308 g/mol. The number of carbonyl (C=O) groups excluding carboxylic acids is 2. The number of hydrogen-bond acceptors (Lipinski definition) is 5. The summed E-state index contributed by atoms with van der Waals surface area (Å²) in [4.78, 5) is 23.8. The number of ether oxygens (including phenoxy) is 2. The molecular formula is C16H24N2O4. The first-order chi connectivity index (χ1) is 10.2. The number of hydrogen-bond donors (Lipinski definition) is 2. The van der Waals surface area contributed by atoms with Gasteiger partial charge in [-0.15, -0.1) is 0 Å². The highest BCUT2D eigenvalue weighted by Gasteiger charge is 2.28. The molecule has 0 spiro atoms. The van der Waals surface area contributed by atoms with Crippen LogP contribution in [-0.4, -0.2) is 29.7 Å². The van der Waals surface area contributed by atoms with Crippen molar-refractivity contribution in [2.75, 3.05) is 0 Å². The van der Waals surface area contributed by atoms with Crippen LogP contribution in [0.4, 0.5) is 4.79 Å². The van der Waals surface area contributed by atoms with E-state index in [1.807, 2.05) is 30.3 Å². The van der Waals surface area contributed by atoms with Gasteiger partial charge in [-0.2, -0.15) is 0 Å². The number of nitrogens with one attached hydrogen (secondary N) is 1. The van der Waals surface area contributed by atoms with Crippen molar-refractivity contribution < 1.29 is 19.1 Å². The molecule has 0 aliphatic rings. The van der Waals surface area contributed by atoms with Gasteiger partial charge in [0.25, 0.3) is 0 Å². The van der Waals surface area contributed by atoms with Crippen molar-refractivity contribution in [3.05, 3.63) is 35.9 Å². The van der Waals surface area contributed by atoms with E-state index in [0.717, 1.165) is 5.56 Å². The van der Waals surface area contributed by atoms with Gasteiger partial charge in [0, 0.05) is 6.04 Å². The Morgan fingerprint density at radius 1 is 1.23 bits per heavy atom. The van der Waals surface area contributed by atoms with Crippen molar-refractivity contribution in [1.29, 1.82) is 0 Å². The van der Waals surface area contributed by atoms with Gasteiger partial charge in [-0.05, 0) is 33.3 Å². The largest absolute Gasteiger partial charge is 0.459 e. The second-order valence-electron chi connectivity index (χ2n) is 6.08. The van der Waals surface area contributed by atoms with Crippen LogP contribution in [0.15, 0.2) is 30.3 Å². The number of esters is 1. The average Bonchev–Trinajstić information content (AvgIpc) is 2.41. The number of benzene rings is 1. The van der Waals surface area contributed by atoms with Crippen molar-refractivity contribution in [2.45, 2.75) is 52.0 Å². The second-order valence-corrected chi connectivity index (χ2v) is 6.08. The van der Waals surface area contributed by atoms with Gasteiger partial charge in [0.15, 0.2) is 0 Å². The lowest BCUT2D eigenvalue weighted by Gasteiger charge is -2.24. The van der Waals surface area contributed by atoms with E-state index < -0.39 is 29.7 Å². The highest BCUT2D eigenvalue weighted by molar-refractivity contribution is 5.82. The highest BCUT2D eigenvalue weighted by Crippen LogP contribution is 2.08. The van der Waals surface area contributed by atoms with E-state index in [-0.39, 0.29) is 6.61 Å². The van der Waals surface area contributed by atoms with E-state index in [4.69, 9.17) is 15.2 Å². The zero-order valence-corrected chi connectivity index (χ0v) is 13.5. The highest BCUT2D eigenvalue weighted by atomic mass is 16.6. The molecule has 0 aliphatic carbocycles. The van der Waals surface area contributed by atoms with Crippen molar-refractivity contribution in [3.63, 3.8) is 0 Å². The summed E-state index contributed by atoms with van der Waals surface area (Å²) >= 11 is 0. The summed E-state index contributed by atoms with van der Waals surface area (Å²) in [7, 11) is 0. The molecule has 1 aromatic carbocycles. The van der Waals surface area contributed by atoms with E-state index in [0.29, 0.717) is 0 Å². The molecule has 6 nitrogen and oxygen atoms in total. The van der Waals surface area contributed by atoms with Crippen LogP contribution in [0.25, 0.3) is 0 Å². The van der Waals surface area contributed by atoms with Gasteiger partial charge in [-0.25, -0.2) is 9.59 Å². The normalized spacial score (nSPS) is 13.9. The molecule has 122 valence electrons. The van der Waals surface area contributed by atoms with Crippen LogP contribution in [0.2, 0.25) is 0 Å². The molecule has 0 bridgehead atoms. The molecule has 1 rings (SSSR count). The third kappa shape index (κ3) is 6.58. The van der Waals surface area contributed by atoms with Gasteiger partial charge < -0.3 is 20.5 Å². The summed E-state index contributed by atoms with van der Waals surface area (Å²) < 4.78 is 10.3. The molecule has 1 unspecified atom stereocenters. The van der Waals surface area contributed by atoms with Crippen LogP contribution >= 0.6 is 0 Å². The number of carbonyl (C=O) groups is 2. The van der Waals surface area contributed by atoms with Gasteiger partial charge in [-0.1, -0.05) is 30.3 Å². The fourth-order valence-electron chi connectivity index (χ4n) is 1.66. The molecule has 1 amide bonds. The van der Waals surface area contributed by atoms with Gasteiger partial charge >= 0.3 is 12.1 Å². The summed E-state index contributed by atoms with van der Waals surface area (Å²) in [6.45, 7) is 6.95. The standard InChI is InChI=1S/C16H24N2O4/c1-11(17)13(18-15(20)22-16(2,3)4)14(19)21-10-12-8-6-5-7-9-12/h5-9,11,13H,10,17H2,1-4H3,(H,18,20)/t11?,13-/m0/s1. The molecule has 0 radical (unpaired) electrons. The summed E-state index contributed by atoms with van der Waals surface area (Å²) in [5, 5.41) is 2.45. The Kier molecular flexibility index (Phi) is 6.37. The Morgan fingerprint density at radius 2 is 1.82 bits per heavy atom. The average molecular weight is 308 g/mol. The van der Waals surface area contributed by atoms with E-state index in [9.17, 15) is 9.59 Å². The molecule has 6 heteroatoms. The van der Waals surface area contributed by atoms with Crippen LogP contribution in [0.3, 0.4) is 0 Å². The fourth-order valence-corrected chi connectivity index (χ4v) is 1.66. The molecular weight excluding hydrogens is 284 g/mol. The summed E-state index contributed by atoms with van der Waals surface area (Å²) in [5.74, 6) is -0.593. The minimum atomic E-state index is -0.960. The third-order valence-corrected chi connectivity index (χ3v) is 2.68. The summed E-state index contributed by atoms with van der Waals surface area (Å²) in [6, 6.07) is 7.70. The van der Waals surface area contributed by atoms with Crippen molar-refractivity contribution in [1.82, 2.24) is 5.32 Å². The van der Waals surface area contributed by atoms with E-state index in [1.54, 1.807) is 27.7 Å². The SMILES string of the molecule is CC(N)[C@H](NC(=O)OC(C)(C)C)C(=O)OCc1ccccc1. The molecule has 1 aromatic rings. The fraction of sp³-hybridized carbons (Fsp3) is 0.500. The molecule has 0 fully saturated rings. The topological polar surface area (TPSA) is 90.6 Å². The number of nitrogens with two attached hydrogens (primary N) is 1. The maximum Gasteiger partial charge on any atom is 0.408 e. The summed E-state index contributed by atoms with van der Waals surface area (Å²) in [5.41, 5.74) is 5.95. The molecule has 0 aliphatic heterocycles. The van der Waals surface area contributed by atoms with Crippen molar-refractivity contribution in [2.24, 2.45) is 5.73 Å². The first-order valence-corrected chi connectivity index (χ1v) is 7.14. The molecule has 0 saturated heterocycles. The van der Waals surface area contributed by atoms with Crippen LogP contribution in [0.5, 0.6) is 0 Å². The zero-order valence-electron chi connectivity index (χ0n) is 13.5. The molecule has 3 N–H and O–H groups in total.